The van der Waals surface area contributed by atoms with Crippen LogP contribution in [0.3, 0.4) is 0 Å². The van der Waals surface area contributed by atoms with Crippen LogP contribution in [-0.4, -0.2) is 26.6 Å². The predicted molar refractivity (Wildman–Crippen MR) is 67.6 cm³/mol. The van der Waals surface area contributed by atoms with Crippen LogP contribution in [-0.2, 0) is 9.57 Å². The molecule has 0 heterocycles. The van der Waals surface area contributed by atoms with Gasteiger partial charge in [-0.05, 0) is 30.9 Å². The van der Waals surface area contributed by atoms with Gasteiger partial charge >= 0.3 is 0 Å². The van der Waals surface area contributed by atoms with E-state index in [9.17, 15) is 0 Å². The maximum absolute atomic E-state index is 5.27. The van der Waals surface area contributed by atoms with E-state index in [4.69, 9.17) is 9.57 Å². The average molecular weight is 241 g/mol. The van der Waals surface area contributed by atoms with Gasteiger partial charge in [0.2, 0.25) is 0 Å². The van der Waals surface area contributed by atoms with Crippen LogP contribution in [0, 0.1) is 0 Å². The van der Waals surface area contributed by atoms with E-state index < -0.39 is 0 Å². The van der Waals surface area contributed by atoms with E-state index in [1.54, 1.807) is 18.9 Å². The lowest BCUT2D eigenvalue weighted by atomic mass is 10.1. The summed E-state index contributed by atoms with van der Waals surface area (Å²) in [5.74, 6) is 0. The molecular weight excluding hydrogens is 222 g/mol. The van der Waals surface area contributed by atoms with Crippen molar-refractivity contribution < 1.29 is 9.57 Å². The fraction of sp³-hybridized carbons (Fsp3) is 0.500. The van der Waals surface area contributed by atoms with Crippen LogP contribution >= 0.6 is 11.8 Å². The Bertz CT molecular complexity index is 290. The second kappa shape index (κ2) is 7.68. The first-order chi connectivity index (χ1) is 7.77. The van der Waals surface area contributed by atoms with E-state index >= 15 is 0 Å². The molecular formula is C12H19NO2S. The normalized spacial score (nSPS) is 12.7. The summed E-state index contributed by atoms with van der Waals surface area (Å²) in [5.41, 5.74) is 4.20. The second-order valence-electron chi connectivity index (χ2n) is 3.45. The van der Waals surface area contributed by atoms with E-state index in [1.807, 2.05) is 0 Å². The van der Waals surface area contributed by atoms with E-state index in [0.717, 1.165) is 0 Å². The number of hydrogen-bond acceptors (Lipinski definition) is 4. The van der Waals surface area contributed by atoms with E-state index in [-0.39, 0.29) is 6.04 Å². The number of hydrogen-bond donors (Lipinski definition) is 1. The van der Waals surface area contributed by atoms with Gasteiger partial charge in [0.15, 0.2) is 0 Å². The molecule has 4 heteroatoms. The van der Waals surface area contributed by atoms with Crippen molar-refractivity contribution in [3.8, 4) is 0 Å². The number of methoxy groups -OCH3 is 1. The van der Waals surface area contributed by atoms with Crippen LogP contribution in [0.4, 0.5) is 0 Å². The Labute approximate surface area is 101 Å². The topological polar surface area (TPSA) is 30.5 Å². The van der Waals surface area contributed by atoms with Crippen molar-refractivity contribution >= 4 is 11.8 Å². The molecule has 0 radical (unpaired) electrons. The number of thioether (sulfide) groups is 1. The van der Waals surface area contributed by atoms with Crippen molar-refractivity contribution in [1.29, 1.82) is 0 Å². The minimum atomic E-state index is 0.188. The van der Waals surface area contributed by atoms with Gasteiger partial charge < -0.3 is 4.74 Å². The minimum absolute atomic E-state index is 0.188. The van der Waals surface area contributed by atoms with Crippen molar-refractivity contribution in [1.82, 2.24) is 5.48 Å². The molecule has 0 aliphatic carbocycles. The van der Waals surface area contributed by atoms with Crippen molar-refractivity contribution in [2.45, 2.75) is 17.9 Å². The number of rotatable bonds is 7. The highest BCUT2D eigenvalue weighted by Crippen LogP contribution is 2.18. The third kappa shape index (κ3) is 4.53. The van der Waals surface area contributed by atoms with Crippen molar-refractivity contribution in [3.63, 3.8) is 0 Å². The molecule has 3 nitrogen and oxygen atoms in total. The van der Waals surface area contributed by atoms with Crippen molar-refractivity contribution in [2.75, 3.05) is 26.6 Å². The molecule has 16 heavy (non-hydrogen) atoms. The fourth-order valence-electron chi connectivity index (χ4n) is 1.27. The first kappa shape index (κ1) is 13.5. The van der Waals surface area contributed by atoms with E-state index in [0.29, 0.717) is 13.2 Å². The van der Waals surface area contributed by atoms with Gasteiger partial charge in [0.25, 0.3) is 0 Å². The molecule has 1 aromatic carbocycles. The third-order valence-corrected chi connectivity index (χ3v) is 3.01. The van der Waals surface area contributed by atoms with Gasteiger partial charge in [-0.3, -0.25) is 4.84 Å². The molecule has 0 amide bonds. The zero-order chi connectivity index (χ0) is 11.8. The Balaban J connectivity index is 2.37. The van der Waals surface area contributed by atoms with E-state index in [2.05, 4.69) is 42.9 Å². The van der Waals surface area contributed by atoms with Crippen LogP contribution in [0.2, 0.25) is 0 Å². The molecule has 0 saturated carbocycles. The van der Waals surface area contributed by atoms with Crippen LogP contribution in [0.5, 0.6) is 0 Å². The van der Waals surface area contributed by atoms with E-state index in [1.165, 1.54) is 10.5 Å². The van der Waals surface area contributed by atoms with Gasteiger partial charge in [0, 0.05) is 12.0 Å². The molecule has 0 aromatic heterocycles. The summed E-state index contributed by atoms with van der Waals surface area (Å²) in [6, 6.07) is 8.65. The Morgan fingerprint density at radius 2 is 1.94 bits per heavy atom. The summed E-state index contributed by atoms with van der Waals surface area (Å²) in [5, 5.41) is 0. The molecule has 1 aromatic rings. The summed E-state index contributed by atoms with van der Waals surface area (Å²) in [4.78, 5) is 6.54. The SMILES string of the molecule is COCCONC(C)c1ccc(SC)cc1. The summed E-state index contributed by atoms with van der Waals surface area (Å²) in [7, 11) is 1.66. The Hall–Kier alpha value is -0.550. The molecule has 1 N–H and O–H groups in total. The van der Waals surface area contributed by atoms with Crippen molar-refractivity contribution in [3.05, 3.63) is 29.8 Å². The minimum Gasteiger partial charge on any atom is -0.382 e. The lowest BCUT2D eigenvalue weighted by Crippen LogP contribution is -2.21. The largest absolute Gasteiger partial charge is 0.382 e. The molecule has 0 aliphatic rings. The Morgan fingerprint density at radius 1 is 1.25 bits per heavy atom. The van der Waals surface area contributed by atoms with Gasteiger partial charge in [0.05, 0.1) is 19.3 Å². The summed E-state index contributed by atoms with van der Waals surface area (Å²) >= 11 is 1.75. The number of nitrogens with one attached hydrogen (secondary N) is 1. The molecule has 1 atom stereocenters. The lowest BCUT2D eigenvalue weighted by molar-refractivity contribution is -0.00925. The molecule has 1 rings (SSSR count). The Kier molecular flexibility index (Phi) is 6.49. The lowest BCUT2D eigenvalue weighted by Gasteiger charge is -2.14. The summed E-state index contributed by atoms with van der Waals surface area (Å²) < 4.78 is 4.89. The molecule has 0 aliphatic heterocycles. The highest BCUT2D eigenvalue weighted by Gasteiger charge is 2.04. The molecule has 0 bridgehead atoms. The summed E-state index contributed by atoms with van der Waals surface area (Å²) in [6.07, 6.45) is 2.07. The summed E-state index contributed by atoms with van der Waals surface area (Å²) in [6.45, 7) is 3.23. The standard InChI is InChI=1S/C12H19NO2S/c1-10(13-15-9-8-14-2)11-4-6-12(16-3)7-5-11/h4-7,10,13H,8-9H2,1-3H3. The van der Waals surface area contributed by atoms with Gasteiger partial charge in [-0.2, -0.15) is 5.48 Å². The number of hydroxylamine groups is 1. The fourth-order valence-corrected chi connectivity index (χ4v) is 1.68. The molecule has 0 spiro atoms. The first-order valence-electron chi connectivity index (χ1n) is 5.28. The zero-order valence-corrected chi connectivity index (χ0v) is 10.8. The maximum atomic E-state index is 5.27. The highest BCUT2D eigenvalue weighted by atomic mass is 32.2. The highest BCUT2D eigenvalue weighted by molar-refractivity contribution is 7.98. The first-order valence-corrected chi connectivity index (χ1v) is 6.50. The average Bonchev–Trinajstić information content (AvgIpc) is 2.34. The quantitative estimate of drug-likeness (QED) is 0.451. The maximum Gasteiger partial charge on any atom is 0.0916 e. The van der Waals surface area contributed by atoms with Crippen LogP contribution in [0.25, 0.3) is 0 Å². The van der Waals surface area contributed by atoms with Crippen molar-refractivity contribution in [2.24, 2.45) is 0 Å². The second-order valence-corrected chi connectivity index (χ2v) is 4.33. The van der Waals surface area contributed by atoms with Gasteiger partial charge in [0.1, 0.15) is 0 Å². The van der Waals surface area contributed by atoms with Gasteiger partial charge in [-0.1, -0.05) is 12.1 Å². The third-order valence-electron chi connectivity index (χ3n) is 2.27. The van der Waals surface area contributed by atoms with Crippen LogP contribution in [0.15, 0.2) is 29.2 Å². The molecule has 90 valence electrons. The predicted octanol–water partition coefficient (Wildman–Crippen LogP) is 2.64. The molecule has 1 unspecified atom stereocenters. The van der Waals surface area contributed by atoms with Gasteiger partial charge in [-0.25, -0.2) is 0 Å². The number of ether oxygens (including phenoxy) is 1. The molecule has 0 fully saturated rings. The molecule has 0 saturated heterocycles. The monoisotopic (exact) mass is 241 g/mol. The smallest absolute Gasteiger partial charge is 0.0916 e. The van der Waals surface area contributed by atoms with Crippen LogP contribution < -0.4 is 5.48 Å². The zero-order valence-electron chi connectivity index (χ0n) is 10.0. The van der Waals surface area contributed by atoms with Crippen LogP contribution in [0.1, 0.15) is 18.5 Å². The van der Waals surface area contributed by atoms with Gasteiger partial charge in [-0.15, -0.1) is 11.8 Å². The number of benzene rings is 1. The Morgan fingerprint density at radius 3 is 2.50 bits per heavy atom.